The second-order valence-corrected chi connectivity index (χ2v) is 5.31. The van der Waals surface area contributed by atoms with E-state index >= 15 is 0 Å². The number of piperazine rings is 1. The van der Waals surface area contributed by atoms with Crippen molar-refractivity contribution < 1.29 is 9.21 Å². The Bertz CT molecular complexity index is 653. The molecule has 1 saturated heterocycles. The van der Waals surface area contributed by atoms with Gasteiger partial charge in [0.25, 0.3) is 0 Å². The second-order valence-electron chi connectivity index (χ2n) is 5.31. The minimum atomic E-state index is -0.0675. The van der Waals surface area contributed by atoms with Crippen LogP contribution in [0.4, 0.5) is 0 Å². The van der Waals surface area contributed by atoms with E-state index in [2.05, 4.69) is 15.5 Å². The number of aromatic nitrogens is 2. The highest BCUT2D eigenvalue weighted by Gasteiger charge is 2.26. The first-order chi connectivity index (χ1) is 10.1. The van der Waals surface area contributed by atoms with Crippen LogP contribution in [0.1, 0.15) is 24.4 Å². The molecular weight excluding hydrogens is 268 g/mol. The average molecular weight is 286 g/mol. The van der Waals surface area contributed by atoms with Crippen LogP contribution < -0.4 is 5.32 Å². The van der Waals surface area contributed by atoms with Crippen molar-refractivity contribution in [2.75, 3.05) is 19.6 Å². The van der Waals surface area contributed by atoms with Crippen LogP contribution in [0, 0.1) is 6.92 Å². The summed E-state index contributed by atoms with van der Waals surface area (Å²) in [6, 6.07) is 7.88. The van der Waals surface area contributed by atoms with Crippen LogP contribution in [0.2, 0.25) is 0 Å². The standard InChI is InChI=1S/C15H18N4O2/c1-10-4-3-5-12(8-10)15-18-17-14(21-15)11(2)19-7-6-16-13(20)9-19/h3-5,8,11H,6-7,9H2,1-2H3,(H,16,20)/t11-/m1/s1. The zero-order chi connectivity index (χ0) is 14.8. The van der Waals surface area contributed by atoms with E-state index < -0.39 is 0 Å². The second kappa shape index (κ2) is 5.65. The molecule has 0 radical (unpaired) electrons. The molecule has 1 aliphatic rings. The van der Waals surface area contributed by atoms with Crippen molar-refractivity contribution in [1.29, 1.82) is 0 Å². The summed E-state index contributed by atoms with van der Waals surface area (Å²) in [5, 5.41) is 11.1. The molecule has 1 atom stereocenters. The number of hydrogen-bond acceptors (Lipinski definition) is 5. The fourth-order valence-electron chi connectivity index (χ4n) is 2.44. The van der Waals surface area contributed by atoms with Gasteiger partial charge in [-0.25, -0.2) is 0 Å². The number of nitrogens with zero attached hydrogens (tertiary/aromatic N) is 3. The maximum atomic E-state index is 11.5. The van der Waals surface area contributed by atoms with Crippen molar-refractivity contribution in [3.05, 3.63) is 35.7 Å². The Hall–Kier alpha value is -2.21. The molecule has 2 aromatic rings. The Morgan fingerprint density at radius 2 is 2.24 bits per heavy atom. The molecule has 1 amide bonds. The summed E-state index contributed by atoms with van der Waals surface area (Å²) in [5.74, 6) is 1.09. The van der Waals surface area contributed by atoms with Crippen molar-refractivity contribution >= 4 is 5.91 Å². The van der Waals surface area contributed by atoms with Gasteiger partial charge in [-0.3, -0.25) is 9.69 Å². The topological polar surface area (TPSA) is 71.3 Å². The van der Waals surface area contributed by atoms with Gasteiger partial charge in [-0.1, -0.05) is 17.7 Å². The number of benzene rings is 1. The predicted octanol–water partition coefficient (Wildman–Crippen LogP) is 1.54. The smallest absolute Gasteiger partial charge is 0.247 e. The fraction of sp³-hybridized carbons (Fsp3) is 0.400. The van der Waals surface area contributed by atoms with E-state index in [1.54, 1.807) is 0 Å². The van der Waals surface area contributed by atoms with E-state index in [0.717, 1.165) is 17.7 Å². The zero-order valence-corrected chi connectivity index (χ0v) is 12.2. The van der Waals surface area contributed by atoms with Crippen LogP contribution >= 0.6 is 0 Å². The molecule has 110 valence electrons. The molecule has 1 aromatic heterocycles. The Labute approximate surface area is 123 Å². The molecule has 1 N–H and O–H groups in total. The van der Waals surface area contributed by atoms with Crippen LogP contribution in [-0.2, 0) is 4.79 Å². The number of amides is 1. The first-order valence-electron chi connectivity index (χ1n) is 7.04. The molecule has 21 heavy (non-hydrogen) atoms. The first-order valence-corrected chi connectivity index (χ1v) is 7.04. The third-order valence-corrected chi connectivity index (χ3v) is 3.68. The highest BCUT2D eigenvalue weighted by Crippen LogP contribution is 2.24. The Morgan fingerprint density at radius 3 is 3.00 bits per heavy atom. The molecule has 6 nitrogen and oxygen atoms in total. The largest absolute Gasteiger partial charge is 0.419 e. The molecule has 0 saturated carbocycles. The third kappa shape index (κ3) is 2.95. The minimum absolute atomic E-state index is 0.0338. The maximum absolute atomic E-state index is 11.5. The summed E-state index contributed by atoms with van der Waals surface area (Å²) in [4.78, 5) is 13.5. The van der Waals surface area contributed by atoms with Crippen molar-refractivity contribution in [3.63, 3.8) is 0 Å². The van der Waals surface area contributed by atoms with Crippen LogP contribution in [-0.4, -0.2) is 40.6 Å². The lowest BCUT2D eigenvalue weighted by atomic mass is 10.1. The monoisotopic (exact) mass is 286 g/mol. The number of nitrogens with one attached hydrogen (secondary N) is 1. The molecule has 1 aromatic carbocycles. The summed E-state index contributed by atoms with van der Waals surface area (Å²) >= 11 is 0. The molecule has 3 rings (SSSR count). The van der Waals surface area contributed by atoms with Gasteiger partial charge in [0.05, 0.1) is 12.6 Å². The summed E-state index contributed by atoms with van der Waals surface area (Å²) in [7, 11) is 0. The van der Waals surface area contributed by atoms with E-state index in [9.17, 15) is 4.79 Å². The van der Waals surface area contributed by atoms with Gasteiger partial charge in [-0.15, -0.1) is 10.2 Å². The molecule has 1 fully saturated rings. The van der Waals surface area contributed by atoms with Gasteiger partial charge in [0.2, 0.25) is 17.7 Å². The molecule has 1 aliphatic heterocycles. The van der Waals surface area contributed by atoms with Crippen LogP contribution in [0.3, 0.4) is 0 Å². The van der Waals surface area contributed by atoms with Gasteiger partial charge >= 0.3 is 0 Å². The third-order valence-electron chi connectivity index (χ3n) is 3.68. The summed E-state index contributed by atoms with van der Waals surface area (Å²) in [6.45, 7) is 5.81. The van der Waals surface area contributed by atoms with Crippen molar-refractivity contribution in [3.8, 4) is 11.5 Å². The number of rotatable bonds is 3. The Balaban J connectivity index is 1.79. The normalized spacial score (nSPS) is 17.5. The number of hydrogen-bond donors (Lipinski definition) is 1. The SMILES string of the molecule is Cc1cccc(-c2nnc([C@@H](C)N3CCNC(=O)C3)o2)c1. The summed E-state index contributed by atoms with van der Waals surface area (Å²) < 4.78 is 5.78. The van der Waals surface area contributed by atoms with Crippen LogP contribution in [0.15, 0.2) is 28.7 Å². The lowest BCUT2D eigenvalue weighted by Crippen LogP contribution is -2.48. The van der Waals surface area contributed by atoms with Gasteiger partial charge in [-0.2, -0.15) is 0 Å². The zero-order valence-electron chi connectivity index (χ0n) is 12.2. The van der Waals surface area contributed by atoms with E-state index in [1.807, 2.05) is 43.0 Å². The molecule has 0 aliphatic carbocycles. The van der Waals surface area contributed by atoms with Crippen molar-refractivity contribution in [2.24, 2.45) is 0 Å². The highest BCUT2D eigenvalue weighted by atomic mass is 16.4. The molecular formula is C15H18N4O2. The molecule has 6 heteroatoms. The van der Waals surface area contributed by atoms with E-state index in [4.69, 9.17) is 4.42 Å². The predicted molar refractivity (Wildman–Crippen MR) is 77.5 cm³/mol. The van der Waals surface area contributed by atoms with Gasteiger partial charge in [0.15, 0.2) is 0 Å². The fourth-order valence-corrected chi connectivity index (χ4v) is 2.44. The lowest BCUT2D eigenvalue weighted by molar-refractivity contribution is -0.124. The molecule has 0 spiro atoms. The van der Waals surface area contributed by atoms with E-state index in [1.165, 1.54) is 0 Å². The molecule has 2 heterocycles. The number of carbonyl (C=O) groups is 1. The number of carbonyl (C=O) groups excluding carboxylic acids is 1. The summed E-state index contributed by atoms with van der Waals surface area (Å²) in [5.41, 5.74) is 2.06. The lowest BCUT2D eigenvalue weighted by Gasteiger charge is -2.29. The number of aryl methyl sites for hydroxylation is 1. The molecule has 0 unspecified atom stereocenters. The van der Waals surface area contributed by atoms with E-state index in [0.29, 0.717) is 24.9 Å². The first kappa shape index (κ1) is 13.8. The summed E-state index contributed by atoms with van der Waals surface area (Å²) in [6.07, 6.45) is 0. The highest BCUT2D eigenvalue weighted by molar-refractivity contribution is 5.78. The average Bonchev–Trinajstić information content (AvgIpc) is 2.96. The minimum Gasteiger partial charge on any atom is -0.419 e. The Morgan fingerprint density at radius 1 is 1.38 bits per heavy atom. The van der Waals surface area contributed by atoms with Gasteiger partial charge < -0.3 is 9.73 Å². The van der Waals surface area contributed by atoms with Gasteiger partial charge in [0.1, 0.15) is 0 Å². The van der Waals surface area contributed by atoms with Crippen LogP contribution in [0.5, 0.6) is 0 Å². The van der Waals surface area contributed by atoms with Gasteiger partial charge in [-0.05, 0) is 26.0 Å². The van der Waals surface area contributed by atoms with Gasteiger partial charge in [0, 0.05) is 18.7 Å². The van der Waals surface area contributed by atoms with E-state index in [-0.39, 0.29) is 11.9 Å². The van der Waals surface area contributed by atoms with Crippen LogP contribution in [0.25, 0.3) is 11.5 Å². The molecule has 0 bridgehead atoms. The Kier molecular flexibility index (Phi) is 3.70. The maximum Gasteiger partial charge on any atom is 0.247 e. The van der Waals surface area contributed by atoms with Crippen molar-refractivity contribution in [2.45, 2.75) is 19.9 Å². The van der Waals surface area contributed by atoms with Crippen molar-refractivity contribution in [1.82, 2.24) is 20.4 Å². The quantitative estimate of drug-likeness (QED) is 0.926.